The maximum atomic E-state index is 12.4. The molecule has 1 N–H and O–H groups in total. The third-order valence-electron chi connectivity index (χ3n) is 5.23. The van der Waals surface area contributed by atoms with Crippen LogP contribution in [0.1, 0.15) is 63.0 Å². The van der Waals surface area contributed by atoms with E-state index in [1.807, 2.05) is 24.3 Å². The lowest BCUT2D eigenvalue weighted by molar-refractivity contribution is 0.0519. The molecule has 166 valence electrons. The average molecular weight is 442 g/mol. The maximum absolute atomic E-state index is 12.4. The smallest absolute Gasteiger partial charge is 0.361 e. The van der Waals surface area contributed by atoms with Crippen molar-refractivity contribution in [3.05, 3.63) is 70.9 Å². The first-order chi connectivity index (χ1) is 16.1. The van der Waals surface area contributed by atoms with E-state index in [2.05, 4.69) is 27.3 Å². The minimum absolute atomic E-state index is 0.118. The molecule has 0 spiro atoms. The number of benzene rings is 2. The van der Waals surface area contributed by atoms with Crippen molar-refractivity contribution in [2.45, 2.75) is 26.2 Å². The van der Waals surface area contributed by atoms with E-state index in [0.29, 0.717) is 41.8 Å². The highest BCUT2D eigenvalue weighted by Crippen LogP contribution is 2.24. The molecule has 2 aromatic carbocycles. The van der Waals surface area contributed by atoms with Crippen LogP contribution in [0.15, 0.2) is 48.5 Å². The largest absolute Gasteiger partial charge is 0.461 e. The lowest BCUT2D eigenvalue weighted by Gasteiger charge is -2.12. The predicted octanol–water partition coefficient (Wildman–Crippen LogP) is 3.47. The predicted molar refractivity (Wildman–Crippen MR) is 120 cm³/mol. The van der Waals surface area contributed by atoms with E-state index in [4.69, 9.17) is 4.74 Å². The van der Waals surface area contributed by atoms with Gasteiger partial charge in [0.15, 0.2) is 5.69 Å². The number of hydrogen-bond donors (Lipinski definition) is 1. The Balaban J connectivity index is 1.37. The highest BCUT2D eigenvalue weighted by atomic mass is 16.5. The molecule has 1 aliphatic heterocycles. The van der Waals surface area contributed by atoms with Gasteiger partial charge in [0.2, 0.25) is 0 Å². The fraction of sp³-hybridized carbons (Fsp3) is 0.240. The first kappa shape index (κ1) is 22.0. The van der Waals surface area contributed by atoms with Crippen molar-refractivity contribution in [2.75, 3.05) is 13.2 Å². The maximum Gasteiger partial charge on any atom is 0.361 e. The summed E-state index contributed by atoms with van der Waals surface area (Å²) in [5.74, 6) is 5.24. The van der Waals surface area contributed by atoms with E-state index in [1.165, 1.54) is 4.90 Å². The van der Waals surface area contributed by atoms with Crippen molar-refractivity contribution in [3.8, 4) is 23.1 Å². The second kappa shape index (κ2) is 9.92. The number of fused-ring (bicyclic) bond motifs is 1. The summed E-state index contributed by atoms with van der Waals surface area (Å²) in [7, 11) is 0. The standard InChI is InChI=1S/C25H22N4O4/c1-2-33-25(32)22-21(26-28-27-22)18-13-7-6-12-17(18)11-5-3-4-10-16-29-23(30)19-14-8-9-15-20(19)24(29)31/h6-9,12-15H,2-4,10,16H2,1H3,(H,26,27,28). The van der Waals surface area contributed by atoms with E-state index in [-0.39, 0.29) is 24.1 Å². The van der Waals surface area contributed by atoms with Crippen LogP contribution < -0.4 is 0 Å². The Kier molecular flexibility index (Phi) is 6.60. The van der Waals surface area contributed by atoms with E-state index in [0.717, 1.165) is 12.0 Å². The van der Waals surface area contributed by atoms with Gasteiger partial charge in [0.1, 0.15) is 5.69 Å². The zero-order valence-corrected chi connectivity index (χ0v) is 18.1. The number of aromatic amines is 1. The van der Waals surface area contributed by atoms with Crippen LogP contribution in [0.3, 0.4) is 0 Å². The number of ether oxygens (including phenoxy) is 1. The number of esters is 1. The van der Waals surface area contributed by atoms with Crippen LogP contribution in [0.4, 0.5) is 0 Å². The van der Waals surface area contributed by atoms with E-state index >= 15 is 0 Å². The van der Waals surface area contributed by atoms with Crippen molar-refractivity contribution >= 4 is 17.8 Å². The van der Waals surface area contributed by atoms with Gasteiger partial charge in [-0.3, -0.25) is 14.5 Å². The number of nitrogens with one attached hydrogen (secondary N) is 1. The summed E-state index contributed by atoms with van der Waals surface area (Å²) >= 11 is 0. The first-order valence-corrected chi connectivity index (χ1v) is 10.7. The summed E-state index contributed by atoms with van der Waals surface area (Å²) in [5, 5.41) is 10.5. The van der Waals surface area contributed by atoms with Crippen molar-refractivity contribution in [1.82, 2.24) is 20.3 Å². The lowest BCUT2D eigenvalue weighted by Crippen LogP contribution is -2.30. The summed E-state index contributed by atoms with van der Waals surface area (Å²) in [5.41, 5.74) is 2.85. The highest BCUT2D eigenvalue weighted by molar-refractivity contribution is 6.21. The topological polar surface area (TPSA) is 105 Å². The van der Waals surface area contributed by atoms with Crippen LogP contribution in [-0.4, -0.2) is 51.2 Å². The van der Waals surface area contributed by atoms with Gasteiger partial charge in [0, 0.05) is 24.1 Å². The number of unbranched alkanes of at least 4 members (excludes halogenated alkanes) is 2. The number of H-pyrrole nitrogens is 1. The fourth-order valence-corrected chi connectivity index (χ4v) is 3.64. The Morgan fingerprint density at radius 2 is 1.64 bits per heavy atom. The van der Waals surface area contributed by atoms with Gasteiger partial charge >= 0.3 is 5.97 Å². The Morgan fingerprint density at radius 1 is 0.970 bits per heavy atom. The Hall–Kier alpha value is -4.25. The lowest BCUT2D eigenvalue weighted by atomic mass is 10.0. The minimum atomic E-state index is -0.544. The number of hydrogen-bond acceptors (Lipinski definition) is 6. The van der Waals surface area contributed by atoms with Crippen LogP contribution >= 0.6 is 0 Å². The van der Waals surface area contributed by atoms with Crippen molar-refractivity contribution in [3.63, 3.8) is 0 Å². The number of aromatic nitrogens is 3. The third-order valence-corrected chi connectivity index (χ3v) is 5.23. The molecule has 0 atom stereocenters. The zero-order valence-electron chi connectivity index (χ0n) is 18.1. The van der Waals surface area contributed by atoms with Crippen LogP contribution in [-0.2, 0) is 4.74 Å². The molecule has 1 aliphatic rings. The summed E-state index contributed by atoms with van der Waals surface area (Å²) < 4.78 is 5.04. The van der Waals surface area contributed by atoms with E-state index in [1.54, 1.807) is 31.2 Å². The van der Waals surface area contributed by atoms with Gasteiger partial charge in [-0.15, -0.1) is 5.10 Å². The summed E-state index contributed by atoms with van der Waals surface area (Å²) in [6.07, 6.45) is 2.00. The molecular formula is C25H22N4O4. The fourth-order valence-electron chi connectivity index (χ4n) is 3.64. The number of carbonyl (C=O) groups is 3. The molecule has 2 heterocycles. The number of imide groups is 1. The van der Waals surface area contributed by atoms with Gasteiger partial charge in [-0.2, -0.15) is 10.3 Å². The van der Waals surface area contributed by atoms with Gasteiger partial charge in [-0.05, 0) is 38.0 Å². The van der Waals surface area contributed by atoms with Gasteiger partial charge in [-0.1, -0.05) is 42.2 Å². The van der Waals surface area contributed by atoms with Gasteiger partial charge in [-0.25, -0.2) is 4.79 Å². The minimum Gasteiger partial charge on any atom is -0.461 e. The number of carbonyl (C=O) groups excluding carboxylic acids is 3. The molecule has 0 radical (unpaired) electrons. The molecule has 0 bridgehead atoms. The summed E-state index contributed by atoms with van der Waals surface area (Å²) in [6.45, 7) is 2.34. The molecule has 3 aromatic rings. The van der Waals surface area contributed by atoms with Crippen LogP contribution in [0.25, 0.3) is 11.3 Å². The van der Waals surface area contributed by atoms with E-state index < -0.39 is 5.97 Å². The Morgan fingerprint density at radius 3 is 2.33 bits per heavy atom. The Labute approximate surface area is 190 Å². The first-order valence-electron chi connectivity index (χ1n) is 10.7. The van der Waals surface area contributed by atoms with Gasteiger partial charge in [0.25, 0.3) is 11.8 Å². The second-order valence-corrected chi connectivity index (χ2v) is 7.35. The molecule has 2 amide bonds. The van der Waals surface area contributed by atoms with Crippen LogP contribution in [0.2, 0.25) is 0 Å². The molecule has 8 heteroatoms. The van der Waals surface area contributed by atoms with Crippen molar-refractivity contribution < 1.29 is 19.1 Å². The average Bonchev–Trinajstić information content (AvgIpc) is 3.41. The van der Waals surface area contributed by atoms with Crippen molar-refractivity contribution in [1.29, 1.82) is 0 Å². The summed E-state index contributed by atoms with van der Waals surface area (Å²) in [6, 6.07) is 14.3. The molecule has 0 fully saturated rings. The molecule has 4 rings (SSSR count). The SMILES string of the molecule is CCOC(=O)c1n[nH]nc1-c1ccccc1C#CCCCCN1C(=O)c2ccccc2C1=O. The molecule has 1 aromatic heterocycles. The number of nitrogens with zero attached hydrogens (tertiary/aromatic N) is 3. The molecule has 0 saturated heterocycles. The summed E-state index contributed by atoms with van der Waals surface area (Å²) in [4.78, 5) is 38.3. The van der Waals surface area contributed by atoms with E-state index in [9.17, 15) is 14.4 Å². The zero-order chi connectivity index (χ0) is 23.2. The van der Waals surface area contributed by atoms with Crippen LogP contribution in [0, 0.1) is 11.8 Å². The molecule has 0 aliphatic carbocycles. The number of rotatable bonds is 7. The highest BCUT2D eigenvalue weighted by Gasteiger charge is 2.34. The number of amides is 2. The molecular weight excluding hydrogens is 420 g/mol. The second-order valence-electron chi connectivity index (χ2n) is 7.35. The normalized spacial score (nSPS) is 12.3. The van der Waals surface area contributed by atoms with Crippen molar-refractivity contribution in [2.24, 2.45) is 0 Å². The molecule has 8 nitrogen and oxygen atoms in total. The molecule has 0 saturated carbocycles. The third kappa shape index (κ3) is 4.53. The molecule has 33 heavy (non-hydrogen) atoms. The molecule has 0 unspecified atom stereocenters. The van der Waals surface area contributed by atoms with Gasteiger partial charge < -0.3 is 4.74 Å². The monoisotopic (exact) mass is 442 g/mol. The van der Waals surface area contributed by atoms with Crippen LogP contribution in [0.5, 0.6) is 0 Å². The Bertz CT molecular complexity index is 1230. The quantitative estimate of drug-likeness (QED) is 0.260. The van der Waals surface area contributed by atoms with Gasteiger partial charge in [0.05, 0.1) is 17.7 Å².